The number of aromatic nitrogens is 3. The van der Waals surface area contributed by atoms with Crippen molar-refractivity contribution in [2.45, 2.75) is 46.5 Å². The summed E-state index contributed by atoms with van der Waals surface area (Å²) in [5.41, 5.74) is 0. The van der Waals surface area contributed by atoms with Crippen LogP contribution in [0, 0.1) is 5.92 Å². The summed E-state index contributed by atoms with van der Waals surface area (Å²) >= 11 is 0. The van der Waals surface area contributed by atoms with E-state index in [9.17, 15) is 0 Å². The number of nitrogens with zero attached hydrogens (tertiary/aromatic N) is 4. The predicted molar refractivity (Wildman–Crippen MR) is 85.0 cm³/mol. The topological polar surface area (TPSA) is 63.2 Å². The van der Waals surface area contributed by atoms with Crippen molar-refractivity contribution < 1.29 is 4.74 Å². The first-order valence-corrected chi connectivity index (χ1v) is 8.14. The average molecular weight is 293 g/mol. The Labute approximate surface area is 127 Å². The van der Waals surface area contributed by atoms with E-state index in [1.54, 1.807) is 0 Å². The van der Waals surface area contributed by atoms with E-state index in [-0.39, 0.29) is 0 Å². The fourth-order valence-corrected chi connectivity index (χ4v) is 2.03. The second-order valence-electron chi connectivity index (χ2n) is 5.50. The first-order valence-electron chi connectivity index (χ1n) is 8.14. The van der Waals surface area contributed by atoms with Gasteiger partial charge in [-0.2, -0.15) is 15.0 Å². The normalized spacial score (nSPS) is 14.0. The number of anilines is 2. The van der Waals surface area contributed by atoms with Crippen molar-refractivity contribution in [3.8, 4) is 6.01 Å². The van der Waals surface area contributed by atoms with Gasteiger partial charge in [0.25, 0.3) is 0 Å². The van der Waals surface area contributed by atoms with E-state index in [0.29, 0.717) is 18.6 Å². The summed E-state index contributed by atoms with van der Waals surface area (Å²) in [7, 11) is 0. The first-order chi connectivity index (χ1) is 10.3. The maximum absolute atomic E-state index is 5.60. The molecule has 0 aromatic carbocycles. The van der Waals surface area contributed by atoms with Crippen molar-refractivity contribution in [3.63, 3.8) is 0 Å². The smallest absolute Gasteiger partial charge is 0.323 e. The van der Waals surface area contributed by atoms with E-state index < -0.39 is 0 Å². The Bertz CT molecular complexity index is 410. The predicted octanol–water partition coefficient (Wildman–Crippen LogP) is 2.72. The Morgan fingerprint density at radius 3 is 2.57 bits per heavy atom. The van der Waals surface area contributed by atoms with Crippen molar-refractivity contribution in [1.82, 2.24) is 15.0 Å². The zero-order chi connectivity index (χ0) is 15.1. The molecule has 1 aliphatic rings. The zero-order valence-electron chi connectivity index (χ0n) is 13.4. The summed E-state index contributed by atoms with van der Waals surface area (Å²) in [5.74, 6) is 2.14. The SMILES string of the molecule is CCCNc1nc(OCCC)nc(N(CC)CC2CC2)n1. The summed E-state index contributed by atoms with van der Waals surface area (Å²) in [5, 5.41) is 3.23. The molecule has 6 nitrogen and oxygen atoms in total. The number of nitrogens with one attached hydrogen (secondary N) is 1. The van der Waals surface area contributed by atoms with Crippen molar-refractivity contribution in [1.29, 1.82) is 0 Å². The highest BCUT2D eigenvalue weighted by molar-refractivity contribution is 5.38. The summed E-state index contributed by atoms with van der Waals surface area (Å²) in [6.45, 7) is 9.75. The van der Waals surface area contributed by atoms with Gasteiger partial charge < -0.3 is 15.0 Å². The minimum absolute atomic E-state index is 0.426. The van der Waals surface area contributed by atoms with Crippen LogP contribution in [0.1, 0.15) is 46.5 Å². The zero-order valence-corrected chi connectivity index (χ0v) is 13.4. The molecule has 1 heterocycles. The third-order valence-corrected chi connectivity index (χ3v) is 3.41. The maximum atomic E-state index is 5.60. The van der Waals surface area contributed by atoms with E-state index in [1.807, 2.05) is 0 Å². The van der Waals surface area contributed by atoms with Crippen molar-refractivity contribution in [3.05, 3.63) is 0 Å². The minimum atomic E-state index is 0.426. The fourth-order valence-electron chi connectivity index (χ4n) is 2.03. The fraction of sp³-hybridized carbons (Fsp3) is 0.800. The van der Waals surface area contributed by atoms with Gasteiger partial charge in [0.2, 0.25) is 11.9 Å². The first kappa shape index (κ1) is 15.8. The molecule has 0 aliphatic heterocycles. The second kappa shape index (κ2) is 8.00. The third-order valence-electron chi connectivity index (χ3n) is 3.41. The van der Waals surface area contributed by atoms with Crippen LogP contribution in [0.2, 0.25) is 0 Å². The molecule has 1 aromatic heterocycles. The number of ether oxygens (including phenoxy) is 1. The Balaban J connectivity index is 2.14. The van der Waals surface area contributed by atoms with E-state index in [1.165, 1.54) is 12.8 Å². The van der Waals surface area contributed by atoms with Crippen molar-refractivity contribution in [2.24, 2.45) is 5.92 Å². The van der Waals surface area contributed by atoms with Gasteiger partial charge in [-0.3, -0.25) is 0 Å². The lowest BCUT2D eigenvalue weighted by Gasteiger charge is -2.21. The van der Waals surface area contributed by atoms with Gasteiger partial charge in [-0.1, -0.05) is 13.8 Å². The summed E-state index contributed by atoms with van der Waals surface area (Å²) in [4.78, 5) is 15.6. The average Bonchev–Trinajstić information content (AvgIpc) is 3.32. The highest BCUT2D eigenvalue weighted by Crippen LogP contribution is 2.31. The van der Waals surface area contributed by atoms with Gasteiger partial charge in [0, 0.05) is 19.6 Å². The van der Waals surface area contributed by atoms with Crippen LogP contribution in [0.3, 0.4) is 0 Å². The lowest BCUT2D eigenvalue weighted by molar-refractivity contribution is 0.291. The van der Waals surface area contributed by atoms with E-state index in [4.69, 9.17) is 4.74 Å². The monoisotopic (exact) mass is 293 g/mol. The van der Waals surface area contributed by atoms with Crippen LogP contribution < -0.4 is 15.0 Å². The molecule has 0 saturated heterocycles. The van der Waals surface area contributed by atoms with Crippen molar-refractivity contribution >= 4 is 11.9 Å². The van der Waals surface area contributed by atoms with Gasteiger partial charge in [0.1, 0.15) is 0 Å². The van der Waals surface area contributed by atoms with Crippen LogP contribution in [0.25, 0.3) is 0 Å². The van der Waals surface area contributed by atoms with E-state index in [0.717, 1.165) is 44.3 Å². The van der Waals surface area contributed by atoms with E-state index >= 15 is 0 Å². The molecule has 0 amide bonds. The molecule has 0 atom stereocenters. The highest BCUT2D eigenvalue weighted by Gasteiger charge is 2.25. The molecule has 118 valence electrons. The molecule has 6 heteroatoms. The van der Waals surface area contributed by atoms with Crippen LogP contribution in [0.4, 0.5) is 11.9 Å². The summed E-state index contributed by atoms with van der Waals surface area (Å²) in [6.07, 6.45) is 4.62. The molecule has 1 saturated carbocycles. The van der Waals surface area contributed by atoms with Crippen LogP contribution in [0.5, 0.6) is 6.01 Å². The van der Waals surface area contributed by atoms with Gasteiger partial charge in [-0.15, -0.1) is 0 Å². The molecule has 1 fully saturated rings. The second-order valence-corrected chi connectivity index (χ2v) is 5.50. The molecule has 1 N–H and O–H groups in total. The molecule has 0 unspecified atom stereocenters. The number of hydrogen-bond acceptors (Lipinski definition) is 6. The van der Waals surface area contributed by atoms with Gasteiger partial charge in [-0.25, -0.2) is 0 Å². The molecule has 1 aromatic rings. The summed E-state index contributed by atoms with van der Waals surface area (Å²) in [6, 6.07) is 0.426. The van der Waals surface area contributed by atoms with Gasteiger partial charge in [0.05, 0.1) is 6.61 Å². The lowest BCUT2D eigenvalue weighted by Crippen LogP contribution is -2.28. The molecule has 0 bridgehead atoms. The Morgan fingerprint density at radius 2 is 1.95 bits per heavy atom. The van der Waals surface area contributed by atoms with Crippen LogP contribution in [-0.2, 0) is 0 Å². The molecule has 21 heavy (non-hydrogen) atoms. The lowest BCUT2D eigenvalue weighted by atomic mass is 10.4. The largest absolute Gasteiger partial charge is 0.463 e. The van der Waals surface area contributed by atoms with Crippen LogP contribution in [0.15, 0.2) is 0 Å². The molecule has 1 aliphatic carbocycles. The van der Waals surface area contributed by atoms with Crippen LogP contribution >= 0.6 is 0 Å². The molecule has 0 radical (unpaired) electrons. The maximum Gasteiger partial charge on any atom is 0.323 e. The Morgan fingerprint density at radius 1 is 1.14 bits per heavy atom. The molecule has 2 rings (SSSR count). The van der Waals surface area contributed by atoms with Gasteiger partial charge in [-0.05, 0) is 38.5 Å². The third kappa shape index (κ3) is 5.02. The molecular formula is C15H27N5O. The highest BCUT2D eigenvalue weighted by atomic mass is 16.5. The minimum Gasteiger partial charge on any atom is -0.463 e. The van der Waals surface area contributed by atoms with Crippen molar-refractivity contribution in [2.75, 3.05) is 36.5 Å². The quantitative estimate of drug-likeness (QED) is 0.715. The molecule has 0 spiro atoms. The van der Waals surface area contributed by atoms with Gasteiger partial charge >= 0.3 is 6.01 Å². The van der Waals surface area contributed by atoms with Crippen LogP contribution in [-0.4, -0.2) is 41.2 Å². The summed E-state index contributed by atoms with van der Waals surface area (Å²) < 4.78 is 5.60. The van der Waals surface area contributed by atoms with Gasteiger partial charge in [0.15, 0.2) is 0 Å². The Kier molecular flexibility index (Phi) is 6.02. The standard InChI is InChI=1S/C15H27N5O/c1-4-9-16-13-17-14(19-15(18-13)21-10-5-2)20(6-3)11-12-7-8-12/h12H,4-11H2,1-3H3,(H,16,17,18,19). The number of rotatable bonds is 10. The van der Waals surface area contributed by atoms with E-state index in [2.05, 4.69) is 45.9 Å². The molecular weight excluding hydrogens is 266 g/mol. The Hall–Kier alpha value is -1.59. The number of hydrogen-bond donors (Lipinski definition) is 1.